The first-order chi connectivity index (χ1) is 16.9. The third kappa shape index (κ3) is 10.6. The van der Waals surface area contributed by atoms with Gasteiger partial charge in [0.25, 0.3) is 0 Å². The number of ketones is 1. The zero-order chi connectivity index (χ0) is 25.5. The van der Waals surface area contributed by atoms with Gasteiger partial charge in [-0.15, -0.1) is 0 Å². The lowest BCUT2D eigenvalue weighted by Gasteiger charge is -2.12. The number of carbonyl (C=O) groups excluding carboxylic acids is 2. The third-order valence-electron chi connectivity index (χ3n) is 5.34. The summed E-state index contributed by atoms with van der Waals surface area (Å²) >= 11 is 0. The number of carbonyl (C=O) groups is 2. The lowest BCUT2D eigenvalue weighted by Crippen LogP contribution is -2.16. The predicted octanol–water partition coefficient (Wildman–Crippen LogP) is 6.99. The van der Waals surface area contributed by atoms with Gasteiger partial charge in [0.1, 0.15) is 18.1 Å². The van der Waals surface area contributed by atoms with E-state index in [-0.39, 0.29) is 24.7 Å². The van der Waals surface area contributed by atoms with Crippen LogP contribution in [0.2, 0.25) is 0 Å². The van der Waals surface area contributed by atoms with Crippen molar-refractivity contribution >= 4 is 17.8 Å². The first-order valence-electron chi connectivity index (χ1n) is 12.4. The lowest BCUT2D eigenvalue weighted by atomic mass is 10.0. The second-order valence-electron chi connectivity index (χ2n) is 8.59. The van der Waals surface area contributed by atoms with Gasteiger partial charge in [0.05, 0.1) is 12.2 Å². The minimum absolute atomic E-state index is 0.219. The van der Waals surface area contributed by atoms with Crippen LogP contribution in [0.5, 0.6) is 11.5 Å². The van der Waals surface area contributed by atoms with E-state index in [9.17, 15) is 9.59 Å². The summed E-state index contributed by atoms with van der Waals surface area (Å²) < 4.78 is 16.3. The van der Waals surface area contributed by atoms with E-state index in [1.807, 2.05) is 32.1 Å². The minimum Gasteiger partial charge on any atom is -0.489 e. The van der Waals surface area contributed by atoms with E-state index in [2.05, 4.69) is 19.1 Å². The molecule has 0 aliphatic heterocycles. The van der Waals surface area contributed by atoms with Crippen LogP contribution in [0.25, 0.3) is 6.08 Å². The molecule has 0 saturated heterocycles. The molecule has 2 rings (SSSR count). The van der Waals surface area contributed by atoms with Crippen LogP contribution in [-0.4, -0.2) is 31.6 Å². The molecular formula is C30H38O5. The van der Waals surface area contributed by atoms with E-state index in [4.69, 9.17) is 14.2 Å². The fourth-order valence-electron chi connectivity index (χ4n) is 3.37. The van der Waals surface area contributed by atoms with Gasteiger partial charge < -0.3 is 14.2 Å². The number of unbranched alkanes of at least 4 members (excludes halogenated alkanes) is 3. The van der Waals surface area contributed by atoms with E-state index in [1.165, 1.54) is 37.3 Å². The molecule has 188 valence electrons. The van der Waals surface area contributed by atoms with Gasteiger partial charge in [-0.05, 0) is 69.0 Å². The first kappa shape index (κ1) is 27.9. The Bertz CT molecular complexity index is 998. The van der Waals surface area contributed by atoms with Crippen LogP contribution in [0, 0.1) is 0 Å². The van der Waals surface area contributed by atoms with E-state index >= 15 is 0 Å². The van der Waals surface area contributed by atoms with Crippen LogP contribution in [0.3, 0.4) is 0 Å². The maximum Gasteiger partial charge on any atom is 0.344 e. The normalized spacial score (nSPS) is 10.7. The highest BCUT2D eigenvalue weighted by atomic mass is 16.6. The molecule has 0 fully saturated rings. The van der Waals surface area contributed by atoms with E-state index in [0.29, 0.717) is 17.9 Å². The molecule has 2 aromatic rings. The SMILES string of the molecule is CCCCCCc1ccc(C=CC(=O)c2ccc(OCC=C(C)C)cc2OCC(=O)OCC)cc1. The average molecular weight is 479 g/mol. The quantitative estimate of drug-likeness (QED) is 0.0907. The van der Waals surface area contributed by atoms with Crippen molar-refractivity contribution in [1.82, 2.24) is 0 Å². The summed E-state index contributed by atoms with van der Waals surface area (Å²) in [5.74, 6) is 0.122. The van der Waals surface area contributed by atoms with Crippen molar-refractivity contribution in [2.75, 3.05) is 19.8 Å². The zero-order valence-corrected chi connectivity index (χ0v) is 21.5. The number of esters is 1. The molecule has 0 unspecified atom stereocenters. The van der Waals surface area contributed by atoms with Crippen molar-refractivity contribution in [3.05, 3.63) is 76.9 Å². The molecule has 0 N–H and O–H groups in total. The van der Waals surface area contributed by atoms with Gasteiger partial charge in [-0.3, -0.25) is 4.79 Å². The molecule has 0 atom stereocenters. The Labute approximate surface area is 209 Å². The van der Waals surface area contributed by atoms with E-state index in [1.54, 1.807) is 31.2 Å². The Morgan fingerprint density at radius 1 is 0.914 bits per heavy atom. The molecule has 0 heterocycles. The summed E-state index contributed by atoms with van der Waals surface area (Å²) in [5.41, 5.74) is 3.76. The Morgan fingerprint density at radius 3 is 2.37 bits per heavy atom. The molecule has 0 aromatic heterocycles. The van der Waals surface area contributed by atoms with Gasteiger partial charge in [-0.2, -0.15) is 0 Å². The maximum atomic E-state index is 13.0. The van der Waals surface area contributed by atoms with Crippen molar-refractivity contribution in [3.8, 4) is 11.5 Å². The summed E-state index contributed by atoms with van der Waals surface area (Å²) in [6, 6.07) is 13.3. The van der Waals surface area contributed by atoms with E-state index in [0.717, 1.165) is 17.6 Å². The topological polar surface area (TPSA) is 61.8 Å². The highest BCUT2D eigenvalue weighted by Gasteiger charge is 2.14. The largest absolute Gasteiger partial charge is 0.489 e. The zero-order valence-electron chi connectivity index (χ0n) is 21.5. The molecule has 0 aliphatic carbocycles. The molecule has 0 saturated carbocycles. The summed E-state index contributed by atoms with van der Waals surface area (Å²) in [5, 5.41) is 0. The molecule has 0 bridgehead atoms. The smallest absolute Gasteiger partial charge is 0.344 e. The predicted molar refractivity (Wildman–Crippen MR) is 141 cm³/mol. The van der Waals surface area contributed by atoms with Gasteiger partial charge in [0.2, 0.25) is 0 Å². The van der Waals surface area contributed by atoms with Gasteiger partial charge in [-0.1, -0.05) is 62.1 Å². The molecule has 5 heteroatoms. The first-order valence-corrected chi connectivity index (χ1v) is 12.4. The third-order valence-corrected chi connectivity index (χ3v) is 5.34. The molecule has 0 aliphatic rings. The van der Waals surface area contributed by atoms with Crippen LogP contribution < -0.4 is 9.47 Å². The number of hydrogen-bond acceptors (Lipinski definition) is 5. The van der Waals surface area contributed by atoms with Crippen molar-refractivity contribution in [2.24, 2.45) is 0 Å². The molecule has 35 heavy (non-hydrogen) atoms. The highest BCUT2D eigenvalue weighted by molar-refractivity contribution is 6.08. The number of aryl methyl sites for hydroxylation is 1. The molecule has 2 aromatic carbocycles. The Kier molecular flexibility index (Phi) is 12.4. The molecule has 0 amide bonds. The standard InChI is InChI=1S/C30H38O5/c1-5-7-8-9-10-24-11-13-25(14-12-24)15-18-28(31)27-17-16-26(34-20-19-23(3)4)21-29(27)35-22-30(32)33-6-2/h11-19,21H,5-10,20,22H2,1-4H3. The minimum atomic E-state index is -0.493. The van der Waals surface area contributed by atoms with Crippen LogP contribution in [-0.2, 0) is 16.0 Å². The summed E-state index contributed by atoms with van der Waals surface area (Å²) in [6.07, 6.45) is 11.3. The van der Waals surface area contributed by atoms with Crippen molar-refractivity contribution in [3.63, 3.8) is 0 Å². The fraction of sp³-hybridized carbons (Fsp3) is 0.400. The van der Waals surface area contributed by atoms with Gasteiger partial charge in [-0.25, -0.2) is 4.79 Å². The van der Waals surface area contributed by atoms with Crippen LogP contribution in [0.15, 0.2) is 60.2 Å². The lowest BCUT2D eigenvalue weighted by molar-refractivity contribution is -0.145. The summed E-state index contributed by atoms with van der Waals surface area (Å²) in [6.45, 7) is 8.32. The monoisotopic (exact) mass is 478 g/mol. The Balaban J connectivity index is 2.10. The summed E-state index contributed by atoms with van der Waals surface area (Å²) in [4.78, 5) is 24.7. The average Bonchev–Trinajstić information content (AvgIpc) is 2.84. The Hall–Kier alpha value is -3.34. The van der Waals surface area contributed by atoms with Gasteiger partial charge in [0.15, 0.2) is 12.4 Å². The number of allylic oxidation sites excluding steroid dienone is 2. The van der Waals surface area contributed by atoms with Crippen LogP contribution >= 0.6 is 0 Å². The molecule has 5 nitrogen and oxygen atoms in total. The van der Waals surface area contributed by atoms with Crippen LogP contribution in [0.1, 0.15) is 74.9 Å². The highest BCUT2D eigenvalue weighted by Crippen LogP contribution is 2.26. The molecule has 0 radical (unpaired) electrons. The maximum absolute atomic E-state index is 13.0. The number of benzene rings is 2. The number of ether oxygens (including phenoxy) is 3. The van der Waals surface area contributed by atoms with Crippen molar-refractivity contribution in [2.45, 2.75) is 59.8 Å². The number of hydrogen-bond donors (Lipinski definition) is 0. The second kappa shape index (κ2) is 15.5. The molecular weight excluding hydrogens is 440 g/mol. The number of rotatable bonds is 15. The van der Waals surface area contributed by atoms with Crippen molar-refractivity contribution in [1.29, 1.82) is 0 Å². The van der Waals surface area contributed by atoms with Crippen molar-refractivity contribution < 1.29 is 23.8 Å². The summed E-state index contributed by atoms with van der Waals surface area (Å²) in [7, 11) is 0. The van der Waals surface area contributed by atoms with Gasteiger partial charge >= 0.3 is 5.97 Å². The fourth-order valence-corrected chi connectivity index (χ4v) is 3.37. The van der Waals surface area contributed by atoms with E-state index < -0.39 is 5.97 Å². The van der Waals surface area contributed by atoms with Gasteiger partial charge in [0, 0.05) is 6.07 Å². The van der Waals surface area contributed by atoms with Crippen LogP contribution in [0.4, 0.5) is 0 Å². The second-order valence-corrected chi connectivity index (χ2v) is 8.59. The Morgan fingerprint density at radius 2 is 1.69 bits per heavy atom. The molecule has 0 spiro atoms.